The maximum absolute atomic E-state index is 8.67. The zero-order chi connectivity index (χ0) is 10.8. The molecule has 0 aliphatic carbocycles. The minimum absolute atomic E-state index is 0.642. The van der Waals surface area contributed by atoms with Crippen molar-refractivity contribution >= 4 is 45.2 Å². The minimum Gasteiger partial charge on any atom is -0.206 e. The average molecular weight is 422 g/mol. The zero-order valence-corrected chi connectivity index (χ0v) is 11.7. The molecule has 1 aromatic carbocycles. The fourth-order valence-electron chi connectivity index (χ4n) is 1.09. The lowest BCUT2D eigenvalue weighted by Crippen LogP contribution is -1.98. The summed E-state index contributed by atoms with van der Waals surface area (Å²) in [5, 5.41) is 16.6. The molecule has 0 fully saturated rings. The molecule has 0 atom stereocenters. The molecule has 2 aromatic rings. The average Bonchev–Trinajstić information content (AvgIpc) is 2.60. The quantitative estimate of drug-likeness (QED) is 0.664. The number of hydrogen-bond acceptors (Lipinski definition) is 3. The van der Waals surface area contributed by atoms with Crippen LogP contribution < -0.4 is 0 Å². The number of nitrogens with zero attached hydrogens (tertiary/aromatic N) is 4. The van der Waals surface area contributed by atoms with Crippen molar-refractivity contribution < 1.29 is 0 Å². The maximum Gasteiger partial charge on any atom is 0.157 e. The van der Waals surface area contributed by atoms with Crippen LogP contribution >= 0.6 is 45.2 Å². The summed E-state index contributed by atoms with van der Waals surface area (Å²) in [5.74, 6) is 0. The highest BCUT2D eigenvalue weighted by molar-refractivity contribution is 14.1. The van der Waals surface area contributed by atoms with Gasteiger partial charge in [-0.05, 0) is 69.4 Å². The van der Waals surface area contributed by atoms with Gasteiger partial charge in [0.25, 0.3) is 0 Å². The van der Waals surface area contributed by atoms with Crippen LogP contribution in [0.1, 0.15) is 5.56 Å². The summed E-state index contributed by atoms with van der Waals surface area (Å²) in [5.41, 5.74) is 1.55. The monoisotopic (exact) mass is 422 g/mol. The van der Waals surface area contributed by atoms with E-state index in [-0.39, 0.29) is 0 Å². The van der Waals surface area contributed by atoms with E-state index < -0.39 is 0 Å². The van der Waals surface area contributed by atoms with Crippen molar-refractivity contribution in [3.8, 4) is 11.8 Å². The van der Waals surface area contributed by atoms with Crippen molar-refractivity contribution in [3.63, 3.8) is 0 Å². The third-order valence-corrected chi connectivity index (χ3v) is 4.55. The van der Waals surface area contributed by atoms with Crippen molar-refractivity contribution in [3.05, 3.63) is 37.2 Å². The Labute approximate surface area is 114 Å². The van der Waals surface area contributed by atoms with Crippen LogP contribution in [0.5, 0.6) is 0 Å². The SMILES string of the molecule is N#Cc1ccc(-n2nnc(I)c2I)cc1. The van der Waals surface area contributed by atoms with E-state index in [1.165, 1.54) is 0 Å². The van der Waals surface area contributed by atoms with Gasteiger partial charge in [-0.3, -0.25) is 0 Å². The second kappa shape index (κ2) is 4.44. The summed E-state index contributed by atoms with van der Waals surface area (Å²) in [6, 6.07) is 9.31. The molecule has 0 amide bonds. The van der Waals surface area contributed by atoms with E-state index in [4.69, 9.17) is 5.26 Å². The molecule has 6 heteroatoms. The van der Waals surface area contributed by atoms with Crippen molar-refractivity contribution in [2.24, 2.45) is 0 Å². The third-order valence-electron chi connectivity index (χ3n) is 1.82. The molecule has 4 nitrogen and oxygen atoms in total. The molecule has 0 aliphatic rings. The van der Waals surface area contributed by atoms with Gasteiger partial charge >= 0.3 is 0 Å². The van der Waals surface area contributed by atoms with Gasteiger partial charge in [0, 0.05) is 0 Å². The van der Waals surface area contributed by atoms with Gasteiger partial charge in [-0.25, -0.2) is 4.68 Å². The van der Waals surface area contributed by atoms with Crippen molar-refractivity contribution in [2.45, 2.75) is 0 Å². The van der Waals surface area contributed by atoms with Crippen LogP contribution in [0.3, 0.4) is 0 Å². The van der Waals surface area contributed by atoms with E-state index in [9.17, 15) is 0 Å². The van der Waals surface area contributed by atoms with Gasteiger partial charge in [0.05, 0.1) is 17.3 Å². The number of rotatable bonds is 1. The lowest BCUT2D eigenvalue weighted by Gasteiger charge is -2.00. The van der Waals surface area contributed by atoms with Crippen LogP contribution in [0.15, 0.2) is 24.3 Å². The van der Waals surface area contributed by atoms with E-state index in [0.717, 1.165) is 13.1 Å². The number of nitriles is 1. The first-order valence-electron chi connectivity index (χ1n) is 3.99. The lowest BCUT2D eigenvalue weighted by atomic mass is 10.2. The summed E-state index contributed by atoms with van der Waals surface area (Å²) in [4.78, 5) is 0. The first-order chi connectivity index (χ1) is 7.22. The highest BCUT2D eigenvalue weighted by Gasteiger charge is 2.08. The largest absolute Gasteiger partial charge is 0.206 e. The normalized spacial score (nSPS) is 9.93. The summed E-state index contributed by atoms with van der Waals surface area (Å²) in [7, 11) is 0. The molecule has 1 aromatic heterocycles. The van der Waals surface area contributed by atoms with Crippen molar-refractivity contribution in [1.29, 1.82) is 5.26 Å². The third kappa shape index (κ3) is 2.12. The highest BCUT2D eigenvalue weighted by Crippen LogP contribution is 2.16. The van der Waals surface area contributed by atoms with E-state index in [1.54, 1.807) is 16.8 Å². The highest BCUT2D eigenvalue weighted by atomic mass is 127. The van der Waals surface area contributed by atoms with Gasteiger partial charge in [0.1, 0.15) is 3.70 Å². The van der Waals surface area contributed by atoms with Gasteiger partial charge in [0.15, 0.2) is 3.70 Å². The first-order valence-corrected chi connectivity index (χ1v) is 6.15. The van der Waals surface area contributed by atoms with Crippen molar-refractivity contribution in [2.75, 3.05) is 0 Å². The second-order valence-corrected chi connectivity index (χ2v) is 4.79. The predicted molar refractivity (Wildman–Crippen MR) is 71.5 cm³/mol. The maximum atomic E-state index is 8.67. The van der Waals surface area contributed by atoms with Crippen LogP contribution in [0, 0.1) is 18.7 Å². The fraction of sp³-hybridized carbons (Fsp3) is 0. The van der Waals surface area contributed by atoms with Crippen LogP contribution in [-0.2, 0) is 0 Å². The van der Waals surface area contributed by atoms with E-state index in [0.29, 0.717) is 5.56 Å². The first kappa shape index (κ1) is 10.8. The minimum atomic E-state index is 0.642. The van der Waals surface area contributed by atoms with E-state index in [2.05, 4.69) is 61.6 Å². The standard InChI is InChI=1S/C9H4I2N4/c10-8-9(11)15(14-13-8)7-3-1-6(5-12)2-4-7/h1-4H. The zero-order valence-electron chi connectivity index (χ0n) is 7.35. The van der Waals surface area contributed by atoms with Crippen LogP contribution in [-0.4, -0.2) is 15.0 Å². The molecule has 0 bridgehead atoms. The molecule has 1 heterocycles. The predicted octanol–water partition coefficient (Wildman–Crippen LogP) is 2.35. The molecule has 0 N–H and O–H groups in total. The summed E-state index contributed by atoms with van der Waals surface area (Å²) in [6.45, 7) is 0. The van der Waals surface area contributed by atoms with Gasteiger partial charge in [-0.2, -0.15) is 5.26 Å². The van der Waals surface area contributed by atoms with Crippen molar-refractivity contribution in [1.82, 2.24) is 15.0 Å². The Morgan fingerprint density at radius 2 is 1.87 bits per heavy atom. The Morgan fingerprint density at radius 3 is 2.33 bits per heavy atom. The Kier molecular flexibility index (Phi) is 3.20. The molecule has 0 radical (unpaired) electrons. The van der Waals surface area contributed by atoms with Gasteiger partial charge in [0.2, 0.25) is 0 Å². The van der Waals surface area contributed by atoms with Gasteiger partial charge in [-0.1, -0.05) is 5.21 Å². The second-order valence-electron chi connectivity index (χ2n) is 2.74. The fourth-order valence-corrected chi connectivity index (χ4v) is 1.90. The number of aromatic nitrogens is 3. The molecule has 15 heavy (non-hydrogen) atoms. The molecule has 74 valence electrons. The van der Waals surface area contributed by atoms with Crippen LogP contribution in [0.25, 0.3) is 5.69 Å². The molecule has 2 rings (SSSR count). The van der Waals surface area contributed by atoms with Gasteiger partial charge in [-0.15, -0.1) is 5.10 Å². The summed E-state index contributed by atoms with van der Waals surface area (Å²) >= 11 is 4.32. The van der Waals surface area contributed by atoms with Crippen LogP contribution in [0.4, 0.5) is 0 Å². The molecule has 0 unspecified atom stereocenters. The van der Waals surface area contributed by atoms with E-state index in [1.807, 2.05) is 12.1 Å². The smallest absolute Gasteiger partial charge is 0.157 e. The molecule has 0 aliphatic heterocycles. The molecule has 0 saturated carbocycles. The molecule has 0 spiro atoms. The topological polar surface area (TPSA) is 54.5 Å². The molecular formula is C9H4I2N4. The summed E-state index contributed by atoms with van der Waals surface area (Å²) < 4.78 is 3.58. The number of halogens is 2. The Hall–Kier alpha value is -0.690. The lowest BCUT2D eigenvalue weighted by molar-refractivity contribution is 0.790. The molecule has 0 saturated heterocycles. The number of hydrogen-bond donors (Lipinski definition) is 0. The van der Waals surface area contributed by atoms with E-state index >= 15 is 0 Å². The summed E-state index contributed by atoms with van der Waals surface area (Å²) in [6.07, 6.45) is 0. The molecular weight excluding hydrogens is 418 g/mol. The van der Waals surface area contributed by atoms with Crippen LogP contribution in [0.2, 0.25) is 0 Å². The van der Waals surface area contributed by atoms with Gasteiger partial charge < -0.3 is 0 Å². The Morgan fingerprint density at radius 1 is 1.20 bits per heavy atom. The Balaban J connectivity index is 2.47. The number of benzene rings is 1. The Bertz CT molecular complexity index is 524.